The molecule has 17 heavy (non-hydrogen) atoms. The van der Waals surface area contributed by atoms with Gasteiger partial charge in [-0.25, -0.2) is 0 Å². The van der Waals surface area contributed by atoms with Crippen molar-refractivity contribution in [3.8, 4) is 0 Å². The fourth-order valence-corrected chi connectivity index (χ4v) is 3.00. The van der Waals surface area contributed by atoms with E-state index >= 15 is 0 Å². The summed E-state index contributed by atoms with van der Waals surface area (Å²) in [6.07, 6.45) is 0. The van der Waals surface area contributed by atoms with E-state index in [9.17, 15) is 4.79 Å². The Hall–Kier alpha value is -0.640. The number of halogens is 2. The van der Waals surface area contributed by atoms with E-state index in [-0.39, 0.29) is 5.78 Å². The van der Waals surface area contributed by atoms with Gasteiger partial charge in [-0.3, -0.25) is 4.79 Å². The first-order chi connectivity index (χ1) is 8.00. The van der Waals surface area contributed by atoms with Crippen LogP contribution in [0.15, 0.2) is 28.1 Å². The Morgan fingerprint density at radius 2 is 1.88 bits per heavy atom. The average Bonchev–Trinajstić information content (AvgIpc) is 2.70. The molecular weight excluding hydrogens is 320 g/mol. The normalized spacial score (nSPS) is 10.6. The molecule has 1 aromatic heterocycles. The highest BCUT2D eigenvalue weighted by atomic mass is 79.9. The van der Waals surface area contributed by atoms with Crippen LogP contribution in [0.5, 0.6) is 0 Å². The highest BCUT2D eigenvalue weighted by Crippen LogP contribution is 2.28. The van der Waals surface area contributed by atoms with Crippen LogP contribution >= 0.6 is 38.9 Å². The van der Waals surface area contributed by atoms with E-state index in [0.717, 1.165) is 15.6 Å². The number of ketones is 1. The maximum atomic E-state index is 12.3. The van der Waals surface area contributed by atoms with Gasteiger partial charge < -0.3 is 0 Å². The predicted molar refractivity (Wildman–Crippen MR) is 76.4 cm³/mol. The van der Waals surface area contributed by atoms with Gasteiger partial charge in [0.2, 0.25) is 5.78 Å². The molecule has 0 amide bonds. The van der Waals surface area contributed by atoms with Crippen LogP contribution in [-0.2, 0) is 0 Å². The number of hydrogen-bond acceptors (Lipinski definition) is 2. The first-order valence-corrected chi connectivity index (χ1v) is 7.10. The SMILES string of the molecule is Cc1cc(C(=O)c2sccc2Cl)cc(C)c1Br. The van der Waals surface area contributed by atoms with Crippen LogP contribution in [0.4, 0.5) is 0 Å². The molecule has 1 nitrogen and oxygen atoms in total. The first-order valence-electron chi connectivity index (χ1n) is 5.05. The van der Waals surface area contributed by atoms with Gasteiger partial charge in [-0.05, 0) is 48.6 Å². The molecule has 1 heterocycles. The quantitative estimate of drug-likeness (QED) is 0.708. The number of carbonyl (C=O) groups excluding carboxylic acids is 1. The largest absolute Gasteiger partial charge is 0.288 e. The van der Waals surface area contributed by atoms with Gasteiger partial charge in [-0.2, -0.15) is 0 Å². The standard InChI is InChI=1S/C13H10BrClOS/c1-7-5-9(6-8(2)11(7)14)12(16)13-10(15)3-4-17-13/h3-6H,1-2H3. The highest BCUT2D eigenvalue weighted by molar-refractivity contribution is 9.10. The number of aryl methyl sites for hydroxylation is 2. The lowest BCUT2D eigenvalue weighted by atomic mass is 10.0. The zero-order chi connectivity index (χ0) is 12.6. The summed E-state index contributed by atoms with van der Waals surface area (Å²) in [6.45, 7) is 3.95. The molecule has 2 aromatic rings. The minimum Gasteiger partial charge on any atom is -0.288 e. The van der Waals surface area contributed by atoms with E-state index in [4.69, 9.17) is 11.6 Å². The van der Waals surface area contributed by atoms with Crippen molar-refractivity contribution in [1.82, 2.24) is 0 Å². The Labute approximate surface area is 118 Å². The summed E-state index contributed by atoms with van der Waals surface area (Å²) in [4.78, 5) is 12.9. The zero-order valence-electron chi connectivity index (χ0n) is 9.38. The lowest BCUT2D eigenvalue weighted by Gasteiger charge is -2.06. The topological polar surface area (TPSA) is 17.1 Å². The second-order valence-electron chi connectivity index (χ2n) is 3.85. The minimum absolute atomic E-state index is 0.0105. The third-order valence-electron chi connectivity index (χ3n) is 2.52. The Morgan fingerprint density at radius 3 is 2.35 bits per heavy atom. The van der Waals surface area contributed by atoms with Crippen LogP contribution in [-0.4, -0.2) is 5.78 Å². The van der Waals surface area contributed by atoms with Crippen LogP contribution < -0.4 is 0 Å². The Morgan fingerprint density at radius 1 is 1.29 bits per heavy atom. The Balaban J connectivity index is 2.49. The Kier molecular flexibility index (Phi) is 3.71. The molecule has 0 bridgehead atoms. The number of carbonyl (C=O) groups is 1. The fraction of sp³-hybridized carbons (Fsp3) is 0.154. The fourth-order valence-electron chi connectivity index (χ4n) is 1.66. The summed E-state index contributed by atoms with van der Waals surface area (Å²) in [5.41, 5.74) is 2.80. The van der Waals surface area contributed by atoms with E-state index in [0.29, 0.717) is 15.5 Å². The maximum absolute atomic E-state index is 12.3. The smallest absolute Gasteiger partial charge is 0.204 e. The molecule has 0 radical (unpaired) electrons. The van der Waals surface area contributed by atoms with E-state index in [2.05, 4.69) is 15.9 Å². The van der Waals surface area contributed by atoms with Crippen LogP contribution in [0, 0.1) is 13.8 Å². The summed E-state index contributed by atoms with van der Waals surface area (Å²) in [5.74, 6) is -0.0105. The molecule has 1 aromatic carbocycles. The number of rotatable bonds is 2. The van der Waals surface area contributed by atoms with Crippen molar-refractivity contribution in [2.45, 2.75) is 13.8 Å². The molecule has 0 unspecified atom stereocenters. The third kappa shape index (κ3) is 2.46. The predicted octanol–water partition coefficient (Wildman–Crippen LogP) is 5.01. The van der Waals surface area contributed by atoms with Crippen molar-refractivity contribution >= 4 is 44.7 Å². The lowest BCUT2D eigenvalue weighted by molar-refractivity contribution is 0.104. The Bertz CT molecular complexity index is 566. The van der Waals surface area contributed by atoms with Gasteiger partial charge in [0, 0.05) is 10.0 Å². The van der Waals surface area contributed by atoms with Gasteiger partial charge in [0.05, 0.1) is 9.90 Å². The molecule has 88 valence electrons. The summed E-state index contributed by atoms with van der Waals surface area (Å²) >= 11 is 10.8. The van der Waals surface area contributed by atoms with Crippen molar-refractivity contribution < 1.29 is 4.79 Å². The molecule has 0 aliphatic carbocycles. The van der Waals surface area contributed by atoms with Crippen molar-refractivity contribution in [3.63, 3.8) is 0 Å². The second-order valence-corrected chi connectivity index (χ2v) is 5.97. The van der Waals surface area contributed by atoms with E-state index in [1.54, 1.807) is 6.07 Å². The molecule has 0 fully saturated rings. The van der Waals surface area contributed by atoms with Crippen LogP contribution in [0.25, 0.3) is 0 Å². The van der Waals surface area contributed by atoms with Gasteiger partial charge >= 0.3 is 0 Å². The van der Waals surface area contributed by atoms with Crippen molar-refractivity contribution in [2.75, 3.05) is 0 Å². The summed E-state index contributed by atoms with van der Waals surface area (Å²) in [6, 6.07) is 5.52. The zero-order valence-corrected chi connectivity index (χ0v) is 12.5. The monoisotopic (exact) mass is 328 g/mol. The van der Waals surface area contributed by atoms with Crippen molar-refractivity contribution in [1.29, 1.82) is 0 Å². The average molecular weight is 330 g/mol. The molecule has 0 N–H and O–H groups in total. The molecule has 4 heteroatoms. The van der Waals surface area contributed by atoms with E-state index in [1.165, 1.54) is 11.3 Å². The van der Waals surface area contributed by atoms with E-state index in [1.807, 2.05) is 31.4 Å². The number of thiophene rings is 1. The molecule has 0 saturated carbocycles. The summed E-state index contributed by atoms with van der Waals surface area (Å²) in [7, 11) is 0. The third-order valence-corrected chi connectivity index (χ3v) is 5.11. The van der Waals surface area contributed by atoms with Crippen molar-refractivity contribution in [3.05, 3.63) is 54.6 Å². The molecule has 0 aliphatic heterocycles. The number of benzene rings is 1. The van der Waals surface area contributed by atoms with Gasteiger partial charge in [-0.15, -0.1) is 11.3 Å². The van der Waals surface area contributed by atoms with Crippen molar-refractivity contribution in [2.24, 2.45) is 0 Å². The minimum atomic E-state index is -0.0105. The molecular formula is C13H10BrClOS. The second kappa shape index (κ2) is 4.92. The molecule has 0 aliphatic rings. The van der Waals surface area contributed by atoms with Crippen LogP contribution in [0.1, 0.15) is 26.4 Å². The molecule has 2 rings (SSSR count). The van der Waals surface area contributed by atoms with Crippen LogP contribution in [0.2, 0.25) is 5.02 Å². The van der Waals surface area contributed by atoms with Gasteiger partial charge in [-0.1, -0.05) is 27.5 Å². The highest BCUT2D eigenvalue weighted by Gasteiger charge is 2.15. The number of hydrogen-bond donors (Lipinski definition) is 0. The van der Waals surface area contributed by atoms with Gasteiger partial charge in [0.15, 0.2) is 0 Å². The molecule has 0 spiro atoms. The maximum Gasteiger partial charge on any atom is 0.204 e. The van der Waals surface area contributed by atoms with Gasteiger partial charge in [0.25, 0.3) is 0 Å². The summed E-state index contributed by atoms with van der Waals surface area (Å²) < 4.78 is 1.05. The van der Waals surface area contributed by atoms with Gasteiger partial charge in [0.1, 0.15) is 0 Å². The summed E-state index contributed by atoms with van der Waals surface area (Å²) in [5, 5.41) is 2.35. The molecule has 0 saturated heterocycles. The first kappa shape index (κ1) is 12.8. The lowest BCUT2D eigenvalue weighted by Crippen LogP contribution is -2.01. The van der Waals surface area contributed by atoms with E-state index < -0.39 is 0 Å². The molecule has 0 atom stereocenters. The van der Waals surface area contributed by atoms with Crippen LogP contribution in [0.3, 0.4) is 0 Å².